The Balaban J connectivity index is 1.80. The predicted molar refractivity (Wildman–Crippen MR) is 90.3 cm³/mol. The molecular formula is C18H14F2N2O2S. The van der Waals surface area contributed by atoms with Crippen LogP contribution in [0.15, 0.2) is 42.6 Å². The average molecular weight is 360 g/mol. The van der Waals surface area contributed by atoms with Crippen molar-refractivity contribution in [1.29, 1.82) is 0 Å². The second kappa shape index (κ2) is 7.06. The van der Waals surface area contributed by atoms with Crippen molar-refractivity contribution in [3.63, 3.8) is 0 Å². The molecule has 0 fully saturated rings. The number of hydrogen-bond donors (Lipinski definition) is 0. The number of carbonyl (C=O) groups excluding carboxylic acids is 1. The van der Waals surface area contributed by atoms with Crippen molar-refractivity contribution in [2.24, 2.45) is 0 Å². The van der Waals surface area contributed by atoms with Gasteiger partial charge in [-0.2, -0.15) is 0 Å². The molecule has 0 aliphatic rings. The number of aromatic nitrogens is 2. The van der Waals surface area contributed by atoms with Gasteiger partial charge in [0, 0.05) is 17.8 Å². The second-order valence-corrected chi connectivity index (χ2v) is 6.36. The third-order valence-electron chi connectivity index (χ3n) is 3.55. The second-order valence-electron chi connectivity index (χ2n) is 5.36. The highest BCUT2D eigenvalue weighted by Gasteiger charge is 2.22. The quantitative estimate of drug-likeness (QED) is 0.632. The van der Waals surface area contributed by atoms with E-state index in [0.717, 1.165) is 23.5 Å². The van der Waals surface area contributed by atoms with Crippen molar-refractivity contribution in [1.82, 2.24) is 9.97 Å². The Labute approximate surface area is 147 Å². The average Bonchev–Trinajstić information content (AvgIpc) is 2.97. The molecule has 0 radical (unpaired) electrons. The van der Waals surface area contributed by atoms with Crippen LogP contribution in [0, 0.1) is 18.6 Å². The predicted octanol–water partition coefficient (Wildman–Crippen LogP) is 4.71. The Bertz CT molecular complexity index is 913. The molecule has 2 aromatic heterocycles. The summed E-state index contributed by atoms with van der Waals surface area (Å²) in [5.41, 5.74) is 1.29. The monoisotopic (exact) mass is 360 g/mol. The number of nitrogens with zero attached hydrogens (tertiary/aromatic N) is 2. The molecule has 0 aliphatic heterocycles. The maximum atomic E-state index is 13.8. The van der Waals surface area contributed by atoms with Crippen LogP contribution in [0.3, 0.4) is 0 Å². The SMILES string of the molecule is Cc1nc(-c2ccccn2)sc1C(=O)OC(C)c1ccc(F)cc1F. The minimum absolute atomic E-state index is 0.113. The minimum Gasteiger partial charge on any atom is -0.453 e. The highest BCUT2D eigenvalue weighted by molar-refractivity contribution is 7.17. The summed E-state index contributed by atoms with van der Waals surface area (Å²) < 4.78 is 32.1. The molecule has 0 saturated heterocycles. The van der Waals surface area contributed by atoms with Gasteiger partial charge in [0.1, 0.15) is 27.6 Å². The van der Waals surface area contributed by atoms with Gasteiger partial charge in [0.2, 0.25) is 0 Å². The van der Waals surface area contributed by atoms with Crippen LogP contribution >= 0.6 is 11.3 Å². The van der Waals surface area contributed by atoms with Crippen LogP contribution in [-0.2, 0) is 4.74 Å². The minimum atomic E-state index is -0.854. The van der Waals surface area contributed by atoms with E-state index in [1.54, 1.807) is 25.3 Å². The maximum absolute atomic E-state index is 13.8. The summed E-state index contributed by atoms with van der Waals surface area (Å²) in [4.78, 5) is 21.3. The largest absolute Gasteiger partial charge is 0.453 e. The number of aryl methyl sites for hydroxylation is 1. The number of rotatable bonds is 4. The van der Waals surface area contributed by atoms with Gasteiger partial charge in [-0.25, -0.2) is 18.6 Å². The Morgan fingerprint density at radius 1 is 1.24 bits per heavy atom. The molecule has 0 amide bonds. The van der Waals surface area contributed by atoms with E-state index in [1.165, 1.54) is 13.0 Å². The molecule has 3 rings (SSSR count). The van der Waals surface area contributed by atoms with Crippen molar-refractivity contribution in [2.75, 3.05) is 0 Å². The summed E-state index contributed by atoms with van der Waals surface area (Å²) in [6, 6.07) is 8.57. The third-order valence-corrected chi connectivity index (χ3v) is 4.71. The van der Waals surface area contributed by atoms with E-state index in [9.17, 15) is 13.6 Å². The zero-order chi connectivity index (χ0) is 18.0. The van der Waals surface area contributed by atoms with Gasteiger partial charge in [-0.05, 0) is 38.1 Å². The molecule has 0 aliphatic carbocycles. The van der Waals surface area contributed by atoms with Crippen molar-refractivity contribution in [3.8, 4) is 10.7 Å². The normalized spacial score (nSPS) is 12.0. The van der Waals surface area contributed by atoms with Gasteiger partial charge in [0.25, 0.3) is 0 Å². The maximum Gasteiger partial charge on any atom is 0.350 e. The highest BCUT2D eigenvalue weighted by Crippen LogP contribution is 2.29. The molecular weight excluding hydrogens is 346 g/mol. The van der Waals surface area contributed by atoms with Gasteiger partial charge < -0.3 is 4.74 Å². The summed E-state index contributed by atoms with van der Waals surface area (Å²) in [7, 11) is 0. The number of benzene rings is 1. The van der Waals surface area contributed by atoms with E-state index in [-0.39, 0.29) is 5.56 Å². The van der Waals surface area contributed by atoms with Crippen LogP contribution in [-0.4, -0.2) is 15.9 Å². The molecule has 1 unspecified atom stereocenters. The van der Waals surface area contributed by atoms with Crippen molar-refractivity contribution >= 4 is 17.3 Å². The molecule has 1 aromatic carbocycles. The number of carbonyl (C=O) groups is 1. The van der Waals surface area contributed by atoms with Gasteiger partial charge in [0.15, 0.2) is 0 Å². The molecule has 0 saturated carbocycles. The van der Waals surface area contributed by atoms with Crippen molar-refractivity contribution < 1.29 is 18.3 Å². The number of hydrogen-bond acceptors (Lipinski definition) is 5. The van der Waals surface area contributed by atoms with Crippen LogP contribution in [0.1, 0.15) is 34.0 Å². The van der Waals surface area contributed by atoms with E-state index in [0.29, 0.717) is 21.3 Å². The van der Waals surface area contributed by atoms with Gasteiger partial charge in [-0.15, -0.1) is 11.3 Å². The topological polar surface area (TPSA) is 52.1 Å². The van der Waals surface area contributed by atoms with Crippen LogP contribution in [0.25, 0.3) is 10.7 Å². The smallest absolute Gasteiger partial charge is 0.350 e. The number of pyridine rings is 1. The molecule has 0 bridgehead atoms. The molecule has 0 N–H and O–H groups in total. The summed E-state index contributed by atoms with van der Waals surface area (Å²) in [6.07, 6.45) is 0.789. The molecule has 0 spiro atoms. The Hall–Kier alpha value is -2.67. The van der Waals surface area contributed by atoms with Crippen LogP contribution in [0.4, 0.5) is 8.78 Å². The van der Waals surface area contributed by atoms with E-state index >= 15 is 0 Å². The first-order chi connectivity index (χ1) is 12.0. The zero-order valence-corrected chi connectivity index (χ0v) is 14.3. The van der Waals surface area contributed by atoms with Gasteiger partial charge in [-0.1, -0.05) is 6.07 Å². The molecule has 4 nitrogen and oxygen atoms in total. The van der Waals surface area contributed by atoms with Gasteiger partial charge in [-0.3, -0.25) is 4.98 Å². The Morgan fingerprint density at radius 2 is 2.04 bits per heavy atom. The summed E-state index contributed by atoms with van der Waals surface area (Å²) >= 11 is 1.16. The first-order valence-electron chi connectivity index (χ1n) is 7.50. The lowest BCUT2D eigenvalue weighted by Crippen LogP contribution is -2.10. The lowest BCUT2D eigenvalue weighted by molar-refractivity contribution is 0.0336. The summed E-state index contributed by atoms with van der Waals surface area (Å²) in [6.45, 7) is 3.23. The fourth-order valence-electron chi connectivity index (χ4n) is 2.29. The molecule has 128 valence electrons. The molecule has 25 heavy (non-hydrogen) atoms. The van der Waals surface area contributed by atoms with E-state index in [4.69, 9.17) is 4.74 Å². The lowest BCUT2D eigenvalue weighted by atomic mass is 10.1. The standard InChI is InChI=1S/C18H14F2N2O2S/c1-10-16(25-17(22-10)15-5-3-4-8-21-15)18(23)24-11(2)13-7-6-12(19)9-14(13)20/h3-9,11H,1-2H3. The Kier molecular flexibility index (Phi) is 4.85. The fourth-order valence-corrected chi connectivity index (χ4v) is 3.22. The van der Waals surface area contributed by atoms with Crippen LogP contribution < -0.4 is 0 Å². The lowest BCUT2D eigenvalue weighted by Gasteiger charge is -2.14. The highest BCUT2D eigenvalue weighted by atomic mass is 32.1. The number of esters is 1. The van der Waals surface area contributed by atoms with E-state index < -0.39 is 23.7 Å². The molecule has 3 aromatic rings. The first kappa shape index (κ1) is 17.2. The van der Waals surface area contributed by atoms with E-state index in [2.05, 4.69) is 9.97 Å². The molecule has 7 heteroatoms. The van der Waals surface area contributed by atoms with Crippen LogP contribution in [0.5, 0.6) is 0 Å². The number of ether oxygens (including phenoxy) is 1. The summed E-state index contributed by atoms with van der Waals surface area (Å²) in [5, 5.41) is 0.602. The zero-order valence-electron chi connectivity index (χ0n) is 13.5. The number of thiazole rings is 1. The summed E-state index contributed by atoms with van der Waals surface area (Å²) in [5.74, 6) is -2.04. The van der Waals surface area contributed by atoms with Crippen molar-refractivity contribution in [3.05, 3.63) is 70.4 Å². The van der Waals surface area contributed by atoms with E-state index in [1.807, 2.05) is 6.07 Å². The third kappa shape index (κ3) is 3.71. The first-order valence-corrected chi connectivity index (χ1v) is 8.32. The van der Waals surface area contributed by atoms with Gasteiger partial charge >= 0.3 is 5.97 Å². The van der Waals surface area contributed by atoms with Crippen LogP contribution in [0.2, 0.25) is 0 Å². The van der Waals surface area contributed by atoms with Gasteiger partial charge in [0.05, 0.1) is 11.4 Å². The van der Waals surface area contributed by atoms with Crippen molar-refractivity contribution in [2.45, 2.75) is 20.0 Å². The molecule has 1 atom stereocenters. The fraction of sp³-hybridized carbons (Fsp3) is 0.167. The molecule has 2 heterocycles. The number of halogens is 2. The Morgan fingerprint density at radius 3 is 2.72 bits per heavy atom.